The quantitative estimate of drug-likeness (QED) is 0.782. The van der Waals surface area contributed by atoms with E-state index in [1.807, 2.05) is 37.3 Å². The molecule has 0 bridgehead atoms. The summed E-state index contributed by atoms with van der Waals surface area (Å²) in [4.78, 5) is 25.9. The summed E-state index contributed by atoms with van der Waals surface area (Å²) >= 11 is 0. The van der Waals surface area contributed by atoms with Gasteiger partial charge in [-0.15, -0.1) is 0 Å². The largest absolute Gasteiger partial charge is 0.336 e. The zero-order valence-electron chi connectivity index (χ0n) is 14.1. The smallest absolute Gasteiger partial charge is 0.321 e. The van der Waals surface area contributed by atoms with Crippen LogP contribution < -0.4 is 15.5 Å². The molecule has 2 aromatic rings. The molecule has 1 saturated heterocycles. The van der Waals surface area contributed by atoms with Gasteiger partial charge in [-0.2, -0.15) is 5.10 Å². The molecule has 1 saturated carbocycles. The van der Waals surface area contributed by atoms with Crippen molar-refractivity contribution < 1.29 is 9.59 Å². The second-order valence-electron chi connectivity index (χ2n) is 6.67. The number of anilines is 2. The maximum atomic E-state index is 12.5. The number of rotatable bonds is 5. The van der Waals surface area contributed by atoms with Gasteiger partial charge in [0, 0.05) is 36.5 Å². The van der Waals surface area contributed by atoms with Crippen molar-refractivity contribution in [2.75, 3.05) is 23.3 Å². The van der Waals surface area contributed by atoms with Gasteiger partial charge < -0.3 is 10.6 Å². The summed E-state index contributed by atoms with van der Waals surface area (Å²) in [5.41, 5.74) is 2.84. The third kappa shape index (κ3) is 3.22. The molecule has 2 aliphatic rings. The summed E-state index contributed by atoms with van der Waals surface area (Å²) in [5.74, 6) is 0.748. The number of amides is 3. The predicted molar refractivity (Wildman–Crippen MR) is 94.8 cm³/mol. The monoisotopic (exact) mass is 339 g/mol. The van der Waals surface area contributed by atoms with Crippen LogP contribution in [-0.4, -0.2) is 35.2 Å². The van der Waals surface area contributed by atoms with E-state index in [0.717, 1.165) is 16.9 Å². The summed E-state index contributed by atoms with van der Waals surface area (Å²) < 4.78 is 0. The lowest BCUT2D eigenvalue weighted by molar-refractivity contribution is -0.117. The predicted octanol–water partition coefficient (Wildman–Crippen LogP) is 2.56. The SMILES string of the molecule is C[C@@H](C(=O)Nc1cc(C2CC2)[nH]n1)c1ccc(N2CCNC2=O)cc1. The zero-order chi connectivity index (χ0) is 17.4. The second kappa shape index (κ2) is 6.23. The molecule has 1 aromatic heterocycles. The lowest BCUT2D eigenvalue weighted by Crippen LogP contribution is -2.27. The molecule has 0 unspecified atom stereocenters. The Labute approximate surface area is 145 Å². The van der Waals surface area contributed by atoms with Crippen molar-refractivity contribution in [1.82, 2.24) is 15.5 Å². The Balaban J connectivity index is 1.41. The Morgan fingerprint density at radius 2 is 2.08 bits per heavy atom. The number of nitrogens with zero attached hydrogens (tertiary/aromatic N) is 2. The first-order chi connectivity index (χ1) is 12.1. The minimum Gasteiger partial charge on any atom is -0.336 e. The van der Waals surface area contributed by atoms with E-state index in [1.165, 1.54) is 12.8 Å². The molecule has 7 heteroatoms. The van der Waals surface area contributed by atoms with Crippen molar-refractivity contribution in [3.05, 3.63) is 41.6 Å². The number of hydrogen-bond donors (Lipinski definition) is 3. The Kier molecular flexibility index (Phi) is 3.91. The molecule has 25 heavy (non-hydrogen) atoms. The molecule has 1 atom stereocenters. The van der Waals surface area contributed by atoms with E-state index in [4.69, 9.17) is 0 Å². The number of benzene rings is 1. The van der Waals surface area contributed by atoms with Crippen LogP contribution in [0.15, 0.2) is 30.3 Å². The van der Waals surface area contributed by atoms with Gasteiger partial charge >= 0.3 is 6.03 Å². The highest BCUT2D eigenvalue weighted by molar-refractivity contribution is 5.96. The second-order valence-corrected chi connectivity index (χ2v) is 6.67. The molecule has 1 aliphatic carbocycles. The maximum Gasteiger partial charge on any atom is 0.321 e. The number of carbonyl (C=O) groups excluding carboxylic acids is 2. The Morgan fingerprint density at radius 1 is 1.32 bits per heavy atom. The minimum atomic E-state index is -0.303. The van der Waals surface area contributed by atoms with Crippen LogP contribution in [0.2, 0.25) is 0 Å². The Bertz CT molecular complexity index is 794. The zero-order valence-corrected chi connectivity index (χ0v) is 14.1. The van der Waals surface area contributed by atoms with Crippen LogP contribution in [0, 0.1) is 0 Å². The summed E-state index contributed by atoms with van der Waals surface area (Å²) in [7, 11) is 0. The van der Waals surface area contributed by atoms with Gasteiger partial charge in [-0.3, -0.25) is 14.8 Å². The number of nitrogens with one attached hydrogen (secondary N) is 3. The van der Waals surface area contributed by atoms with Crippen molar-refractivity contribution >= 4 is 23.4 Å². The number of carbonyl (C=O) groups is 2. The highest BCUT2D eigenvalue weighted by atomic mass is 16.2. The van der Waals surface area contributed by atoms with E-state index in [0.29, 0.717) is 24.8 Å². The van der Waals surface area contributed by atoms with Gasteiger partial charge in [0.05, 0.1) is 5.92 Å². The molecular weight excluding hydrogens is 318 g/mol. The minimum absolute atomic E-state index is 0.0801. The molecule has 1 aromatic carbocycles. The molecule has 4 rings (SSSR count). The van der Waals surface area contributed by atoms with Gasteiger partial charge in [0.15, 0.2) is 5.82 Å². The average molecular weight is 339 g/mol. The van der Waals surface area contributed by atoms with Crippen LogP contribution in [0.3, 0.4) is 0 Å². The fourth-order valence-electron chi connectivity index (χ4n) is 3.05. The van der Waals surface area contributed by atoms with Gasteiger partial charge in [0.25, 0.3) is 0 Å². The normalized spacial score (nSPS) is 18.1. The molecule has 0 radical (unpaired) electrons. The lowest BCUT2D eigenvalue weighted by Gasteiger charge is -2.16. The van der Waals surface area contributed by atoms with E-state index in [2.05, 4.69) is 20.8 Å². The van der Waals surface area contributed by atoms with Gasteiger partial charge in [-0.05, 0) is 37.5 Å². The van der Waals surface area contributed by atoms with Crippen LogP contribution >= 0.6 is 0 Å². The molecule has 0 spiro atoms. The van der Waals surface area contributed by atoms with E-state index in [9.17, 15) is 9.59 Å². The Hall–Kier alpha value is -2.83. The highest BCUT2D eigenvalue weighted by Crippen LogP contribution is 2.39. The number of urea groups is 1. The number of aromatic amines is 1. The topological polar surface area (TPSA) is 90.1 Å². The van der Waals surface area contributed by atoms with Crippen molar-refractivity contribution in [3.8, 4) is 0 Å². The molecule has 7 nitrogen and oxygen atoms in total. The van der Waals surface area contributed by atoms with Gasteiger partial charge in [-0.25, -0.2) is 4.79 Å². The van der Waals surface area contributed by atoms with E-state index < -0.39 is 0 Å². The standard InChI is InChI=1S/C18H21N5O2/c1-11(17(24)20-16-10-15(21-22-16)13-2-3-13)12-4-6-14(7-5-12)23-9-8-19-18(23)25/h4-7,10-11,13H,2-3,8-9H2,1H3,(H,19,25)(H2,20,21,22,24)/t11-/m1/s1. The van der Waals surface area contributed by atoms with Gasteiger partial charge in [-0.1, -0.05) is 12.1 Å². The molecule has 2 heterocycles. The van der Waals surface area contributed by atoms with Crippen molar-refractivity contribution in [1.29, 1.82) is 0 Å². The third-order valence-electron chi connectivity index (χ3n) is 4.82. The molecule has 2 fully saturated rings. The Morgan fingerprint density at radius 3 is 2.72 bits per heavy atom. The van der Waals surface area contributed by atoms with E-state index in [-0.39, 0.29) is 17.9 Å². The van der Waals surface area contributed by atoms with Crippen LogP contribution in [0.5, 0.6) is 0 Å². The summed E-state index contributed by atoms with van der Waals surface area (Å²) in [6.45, 7) is 3.18. The highest BCUT2D eigenvalue weighted by Gasteiger charge is 2.26. The summed E-state index contributed by atoms with van der Waals surface area (Å²) in [5, 5.41) is 12.8. The van der Waals surface area contributed by atoms with Crippen molar-refractivity contribution in [3.63, 3.8) is 0 Å². The van der Waals surface area contributed by atoms with Crippen LogP contribution in [0.1, 0.15) is 42.9 Å². The van der Waals surface area contributed by atoms with Gasteiger partial charge in [0.2, 0.25) is 5.91 Å². The fourth-order valence-corrected chi connectivity index (χ4v) is 3.05. The van der Waals surface area contributed by atoms with Crippen LogP contribution in [0.25, 0.3) is 0 Å². The molecule has 3 N–H and O–H groups in total. The number of H-pyrrole nitrogens is 1. The molecular formula is C18H21N5O2. The number of aromatic nitrogens is 2. The lowest BCUT2D eigenvalue weighted by atomic mass is 10.00. The average Bonchev–Trinajstić information content (AvgIpc) is 3.22. The molecule has 1 aliphatic heterocycles. The fraction of sp³-hybridized carbons (Fsp3) is 0.389. The van der Waals surface area contributed by atoms with Crippen molar-refractivity contribution in [2.24, 2.45) is 0 Å². The first-order valence-electron chi connectivity index (χ1n) is 8.63. The summed E-state index contributed by atoms with van der Waals surface area (Å²) in [6, 6.07) is 9.38. The number of hydrogen-bond acceptors (Lipinski definition) is 3. The molecule has 3 amide bonds. The van der Waals surface area contributed by atoms with E-state index >= 15 is 0 Å². The first kappa shape index (κ1) is 15.7. The van der Waals surface area contributed by atoms with Crippen LogP contribution in [-0.2, 0) is 4.79 Å². The summed E-state index contributed by atoms with van der Waals surface area (Å²) in [6.07, 6.45) is 2.38. The third-order valence-corrected chi connectivity index (χ3v) is 4.82. The molecule has 130 valence electrons. The van der Waals surface area contributed by atoms with E-state index in [1.54, 1.807) is 4.90 Å². The maximum absolute atomic E-state index is 12.5. The van der Waals surface area contributed by atoms with Gasteiger partial charge in [0.1, 0.15) is 0 Å². The van der Waals surface area contributed by atoms with Crippen molar-refractivity contribution in [2.45, 2.75) is 31.6 Å². The first-order valence-corrected chi connectivity index (χ1v) is 8.63. The van der Waals surface area contributed by atoms with Crippen LogP contribution in [0.4, 0.5) is 16.3 Å².